The van der Waals surface area contributed by atoms with E-state index < -0.39 is 0 Å². The fourth-order valence-electron chi connectivity index (χ4n) is 1.88. The molecule has 1 aromatic carbocycles. The van der Waals surface area contributed by atoms with Gasteiger partial charge in [-0.2, -0.15) is 4.98 Å². The van der Waals surface area contributed by atoms with E-state index in [1.54, 1.807) is 6.20 Å². The fraction of sp³-hybridized carbons (Fsp3) is 0.143. The van der Waals surface area contributed by atoms with Crippen LogP contribution in [0.5, 0.6) is 11.6 Å². The van der Waals surface area contributed by atoms with Crippen molar-refractivity contribution in [2.45, 2.75) is 6.92 Å². The Labute approximate surface area is 110 Å². The number of aryl methyl sites for hydroxylation is 1. The van der Waals surface area contributed by atoms with Gasteiger partial charge < -0.3 is 10.1 Å². The van der Waals surface area contributed by atoms with Crippen molar-refractivity contribution in [1.82, 2.24) is 14.4 Å². The Kier molecular flexibility index (Phi) is 2.79. The van der Waals surface area contributed by atoms with Crippen LogP contribution in [0.4, 0.5) is 5.82 Å². The molecule has 0 spiro atoms. The minimum Gasteiger partial charge on any atom is -0.436 e. The molecule has 0 unspecified atom stereocenters. The van der Waals surface area contributed by atoms with Crippen molar-refractivity contribution >= 4 is 11.5 Å². The number of aromatic nitrogens is 3. The summed E-state index contributed by atoms with van der Waals surface area (Å²) in [6.07, 6.45) is 5.45. The van der Waals surface area contributed by atoms with Gasteiger partial charge in [-0.05, 0) is 24.6 Å². The van der Waals surface area contributed by atoms with E-state index in [0.29, 0.717) is 11.5 Å². The Hall–Kier alpha value is -2.56. The molecule has 0 saturated heterocycles. The van der Waals surface area contributed by atoms with Crippen LogP contribution in [-0.4, -0.2) is 21.4 Å². The first-order valence-corrected chi connectivity index (χ1v) is 6.02. The molecule has 0 aliphatic carbocycles. The molecule has 3 rings (SSSR count). The van der Waals surface area contributed by atoms with Crippen molar-refractivity contribution in [2.24, 2.45) is 0 Å². The first kappa shape index (κ1) is 11.5. The van der Waals surface area contributed by atoms with Crippen LogP contribution in [0.25, 0.3) is 5.65 Å². The molecule has 5 nitrogen and oxygen atoms in total. The standard InChI is InChI=1S/C14H14N4O/c1-10-4-3-5-11(8-10)19-14-13-16-6-7-18(13)9-12(15-2)17-14/h3-9,15H,1-2H3. The number of hydrogen-bond donors (Lipinski definition) is 1. The molecular formula is C14H14N4O. The molecule has 0 saturated carbocycles. The lowest BCUT2D eigenvalue weighted by molar-refractivity contribution is 0.465. The van der Waals surface area contributed by atoms with Gasteiger partial charge in [-0.15, -0.1) is 0 Å². The summed E-state index contributed by atoms with van der Waals surface area (Å²) in [5.74, 6) is 1.97. The molecule has 0 aliphatic heterocycles. The number of nitrogens with zero attached hydrogens (tertiary/aromatic N) is 3. The molecule has 19 heavy (non-hydrogen) atoms. The van der Waals surface area contributed by atoms with E-state index in [-0.39, 0.29) is 0 Å². The second-order valence-corrected chi connectivity index (χ2v) is 4.26. The van der Waals surface area contributed by atoms with Crippen molar-refractivity contribution in [3.63, 3.8) is 0 Å². The summed E-state index contributed by atoms with van der Waals surface area (Å²) in [7, 11) is 1.82. The second-order valence-electron chi connectivity index (χ2n) is 4.26. The van der Waals surface area contributed by atoms with Crippen LogP contribution in [0.2, 0.25) is 0 Å². The van der Waals surface area contributed by atoms with Gasteiger partial charge in [0.15, 0.2) is 0 Å². The third-order valence-corrected chi connectivity index (χ3v) is 2.80. The smallest absolute Gasteiger partial charge is 0.265 e. The maximum Gasteiger partial charge on any atom is 0.265 e. The average molecular weight is 254 g/mol. The van der Waals surface area contributed by atoms with E-state index in [1.165, 1.54) is 0 Å². The summed E-state index contributed by atoms with van der Waals surface area (Å²) < 4.78 is 7.72. The molecule has 0 radical (unpaired) electrons. The highest BCUT2D eigenvalue weighted by Gasteiger charge is 2.09. The van der Waals surface area contributed by atoms with Crippen LogP contribution in [0.15, 0.2) is 42.9 Å². The van der Waals surface area contributed by atoms with Gasteiger partial charge in [-0.3, -0.25) is 4.40 Å². The van der Waals surface area contributed by atoms with Gasteiger partial charge in [0.1, 0.15) is 11.6 Å². The third kappa shape index (κ3) is 2.22. The van der Waals surface area contributed by atoms with Crippen LogP contribution in [0.1, 0.15) is 5.56 Å². The SMILES string of the molecule is CNc1cn2ccnc2c(Oc2cccc(C)c2)n1. The summed E-state index contributed by atoms with van der Waals surface area (Å²) in [6.45, 7) is 2.02. The monoisotopic (exact) mass is 254 g/mol. The molecule has 0 aliphatic rings. The number of nitrogens with one attached hydrogen (secondary N) is 1. The van der Waals surface area contributed by atoms with Crippen molar-refractivity contribution in [2.75, 3.05) is 12.4 Å². The van der Waals surface area contributed by atoms with Crippen LogP contribution >= 0.6 is 0 Å². The number of rotatable bonds is 3. The molecule has 3 aromatic rings. The summed E-state index contributed by atoms with van der Waals surface area (Å²) in [6, 6.07) is 7.85. The quantitative estimate of drug-likeness (QED) is 0.780. The lowest BCUT2D eigenvalue weighted by Gasteiger charge is -2.08. The number of imidazole rings is 1. The largest absolute Gasteiger partial charge is 0.436 e. The minimum atomic E-state index is 0.488. The number of fused-ring (bicyclic) bond motifs is 1. The Balaban J connectivity index is 2.06. The molecule has 2 aromatic heterocycles. The number of benzene rings is 1. The average Bonchev–Trinajstić information content (AvgIpc) is 2.87. The van der Waals surface area contributed by atoms with E-state index in [9.17, 15) is 0 Å². The van der Waals surface area contributed by atoms with Gasteiger partial charge in [-0.25, -0.2) is 4.98 Å². The highest BCUT2D eigenvalue weighted by molar-refractivity contribution is 5.55. The number of ether oxygens (including phenoxy) is 1. The molecule has 2 heterocycles. The van der Waals surface area contributed by atoms with Crippen LogP contribution in [0, 0.1) is 6.92 Å². The summed E-state index contributed by atoms with van der Waals surface area (Å²) in [4.78, 5) is 8.66. The Bertz CT molecular complexity index is 720. The maximum absolute atomic E-state index is 5.84. The second kappa shape index (κ2) is 4.61. The fourth-order valence-corrected chi connectivity index (χ4v) is 1.88. The van der Waals surface area contributed by atoms with Crippen molar-refractivity contribution in [1.29, 1.82) is 0 Å². The van der Waals surface area contributed by atoms with Gasteiger partial charge >= 0.3 is 0 Å². The summed E-state index contributed by atoms with van der Waals surface area (Å²) in [5.41, 5.74) is 1.84. The molecule has 0 fully saturated rings. The van der Waals surface area contributed by atoms with E-state index in [0.717, 1.165) is 17.1 Å². The molecular weight excluding hydrogens is 240 g/mol. The van der Waals surface area contributed by atoms with Crippen LogP contribution in [0.3, 0.4) is 0 Å². The zero-order valence-corrected chi connectivity index (χ0v) is 10.8. The van der Waals surface area contributed by atoms with E-state index >= 15 is 0 Å². The molecule has 0 bridgehead atoms. The normalized spacial score (nSPS) is 10.6. The lowest BCUT2D eigenvalue weighted by Crippen LogP contribution is -1.99. The van der Waals surface area contributed by atoms with Crippen molar-refractivity contribution in [3.8, 4) is 11.6 Å². The first-order chi connectivity index (χ1) is 9.26. The van der Waals surface area contributed by atoms with Crippen LogP contribution in [-0.2, 0) is 0 Å². The van der Waals surface area contributed by atoms with Gasteiger partial charge in [0, 0.05) is 19.4 Å². The van der Waals surface area contributed by atoms with Crippen molar-refractivity contribution < 1.29 is 4.74 Å². The van der Waals surface area contributed by atoms with Gasteiger partial charge in [0.25, 0.3) is 5.88 Å². The summed E-state index contributed by atoms with van der Waals surface area (Å²) >= 11 is 0. The van der Waals surface area contributed by atoms with E-state index in [4.69, 9.17) is 4.74 Å². The molecule has 0 amide bonds. The lowest BCUT2D eigenvalue weighted by atomic mass is 10.2. The zero-order chi connectivity index (χ0) is 13.2. The molecule has 1 N–H and O–H groups in total. The van der Waals surface area contributed by atoms with E-state index in [2.05, 4.69) is 15.3 Å². The topological polar surface area (TPSA) is 51.5 Å². The highest BCUT2D eigenvalue weighted by Crippen LogP contribution is 2.25. The number of hydrogen-bond acceptors (Lipinski definition) is 4. The predicted molar refractivity (Wildman–Crippen MR) is 73.8 cm³/mol. The summed E-state index contributed by atoms with van der Waals surface area (Å²) in [5, 5.41) is 3.01. The van der Waals surface area contributed by atoms with Gasteiger partial charge in [-0.1, -0.05) is 12.1 Å². The Morgan fingerprint density at radius 1 is 1.32 bits per heavy atom. The van der Waals surface area contributed by atoms with Crippen molar-refractivity contribution in [3.05, 3.63) is 48.4 Å². The Morgan fingerprint density at radius 3 is 3.00 bits per heavy atom. The predicted octanol–water partition coefficient (Wildman–Crippen LogP) is 2.87. The van der Waals surface area contributed by atoms with Crippen LogP contribution < -0.4 is 10.1 Å². The molecule has 0 atom stereocenters. The zero-order valence-electron chi connectivity index (χ0n) is 10.8. The van der Waals surface area contributed by atoms with E-state index in [1.807, 2.05) is 55.0 Å². The third-order valence-electron chi connectivity index (χ3n) is 2.80. The first-order valence-electron chi connectivity index (χ1n) is 6.02. The van der Waals surface area contributed by atoms with Gasteiger partial charge in [0.2, 0.25) is 5.65 Å². The highest BCUT2D eigenvalue weighted by atomic mass is 16.5. The maximum atomic E-state index is 5.84. The molecule has 5 heteroatoms. The van der Waals surface area contributed by atoms with Gasteiger partial charge in [0.05, 0.1) is 6.20 Å². The molecule has 96 valence electrons. The minimum absolute atomic E-state index is 0.488. The Morgan fingerprint density at radius 2 is 2.21 bits per heavy atom. The number of anilines is 1.